The molecule has 1 heteroatoms. The van der Waals surface area contributed by atoms with E-state index in [0.717, 1.165) is 27.5 Å². The number of hydrogen-bond donors (Lipinski definition) is 0. The maximum Gasteiger partial charge on any atom is 0.143 e. The SMILES string of the molecule is c1ccc(-c2ccccc2-c2cccc3c2oc2ccccc23)cc1. The molecule has 5 aromatic rings. The molecule has 0 bridgehead atoms. The first-order valence-electron chi connectivity index (χ1n) is 8.47. The maximum atomic E-state index is 6.23. The normalized spacial score (nSPS) is 11.2. The lowest BCUT2D eigenvalue weighted by molar-refractivity contribution is 0.670. The molecule has 118 valence electrons. The Bertz CT molecular complexity index is 1180. The highest BCUT2D eigenvalue weighted by Gasteiger charge is 2.14. The van der Waals surface area contributed by atoms with Crippen LogP contribution in [0.3, 0.4) is 0 Å². The van der Waals surface area contributed by atoms with E-state index in [1.807, 2.05) is 18.2 Å². The second kappa shape index (κ2) is 5.64. The van der Waals surface area contributed by atoms with Gasteiger partial charge in [0.05, 0.1) is 0 Å². The van der Waals surface area contributed by atoms with Gasteiger partial charge in [0.1, 0.15) is 11.2 Å². The van der Waals surface area contributed by atoms with Gasteiger partial charge < -0.3 is 4.42 Å². The molecule has 0 atom stereocenters. The van der Waals surface area contributed by atoms with Crippen LogP contribution in [0.2, 0.25) is 0 Å². The molecule has 1 aromatic heterocycles. The standard InChI is InChI=1S/C24H16O/c1-2-9-17(10-3-1)18-11-4-5-12-19(18)21-14-8-15-22-20-13-6-7-16-23(20)25-24(21)22/h1-16H. The molecule has 0 aliphatic heterocycles. The fourth-order valence-electron chi connectivity index (χ4n) is 3.55. The first kappa shape index (κ1) is 14.1. The molecule has 0 fully saturated rings. The summed E-state index contributed by atoms with van der Waals surface area (Å²) in [5.41, 5.74) is 6.64. The molecule has 0 spiro atoms. The van der Waals surface area contributed by atoms with E-state index in [-0.39, 0.29) is 0 Å². The minimum Gasteiger partial charge on any atom is -0.455 e. The topological polar surface area (TPSA) is 13.1 Å². The summed E-state index contributed by atoms with van der Waals surface area (Å²) in [5, 5.41) is 2.33. The zero-order valence-corrected chi connectivity index (χ0v) is 13.6. The molecule has 0 aliphatic rings. The van der Waals surface area contributed by atoms with E-state index in [0.29, 0.717) is 0 Å². The molecule has 4 aromatic carbocycles. The van der Waals surface area contributed by atoms with Crippen molar-refractivity contribution >= 4 is 21.9 Å². The highest BCUT2D eigenvalue weighted by molar-refractivity contribution is 6.10. The average Bonchev–Trinajstić information content (AvgIpc) is 3.07. The Labute approximate surface area is 146 Å². The van der Waals surface area contributed by atoms with Crippen LogP contribution in [-0.2, 0) is 0 Å². The number of furan rings is 1. The predicted octanol–water partition coefficient (Wildman–Crippen LogP) is 6.92. The molecule has 0 aliphatic carbocycles. The van der Waals surface area contributed by atoms with E-state index in [1.54, 1.807) is 0 Å². The monoisotopic (exact) mass is 320 g/mol. The van der Waals surface area contributed by atoms with Crippen LogP contribution in [0, 0.1) is 0 Å². The van der Waals surface area contributed by atoms with Crippen molar-refractivity contribution in [1.82, 2.24) is 0 Å². The van der Waals surface area contributed by atoms with E-state index < -0.39 is 0 Å². The zero-order valence-electron chi connectivity index (χ0n) is 13.6. The van der Waals surface area contributed by atoms with Crippen LogP contribution >= 0.6 is 0 Å². The minimum absolute atomic E-state index is 0.933. The molecule has 0 radical (unpaired) electrons. The van der Waals surface area contributed by atoms with Gasteiger partial charge in [-0.25, -0.2) is 0 Å². The third-order valence-corrected chi connectivity index (χ3v) is 4.71. The van der Waals surface area contributed by atoms with E-state index in [9.17, 15) is 0 Å². The largest absolute Gasteiger partial charge is 0.455 e. The van der Waals surface area contributed by atoms with Crippen molar-refractivity contribution in [2.24, 2.45) is 0 Å². The van der Waals surface area contributed by atoms with Crippen LogP contribution < -0.4 is 0 Å². The molecule has 25 heavy (non-hydrogen) atoms. The van der Waals surface area contributed by atoms with Gasteiger partial charge in [0.15, 0.2) is 0 Å². The van der Waals surface area contributed by atoms with E-state index >= 15 is 0 Å². The number of fused-ring (bicyclic) bond motifs is 3. The van der Waals surface area contributed by atoms with Crippen LogP contribution in [0.15, 0.2) is 101 Å². The maximum absolute atomic E-state index is 6.23. The van der Waals surface area contributed by atoms with Gasteiger partial charge in [0.2, 0.25) is 0 Å². The van der Waals surface area contributed by atoms with Gasteiger partial charge in [0.25, 0.3) is 0 Å². The average molecular weight is 320 g/mol. The highest BCUT2D eigenvalue weighted by Crippen LogP contribution is 2.39. The molecular weight excluding hydrogens is 304 g/mol. The first-order chi connectivity index (χ1) is 12.4. The lowest BCUT2D eigenvalue weighted by Gasteiger charge is -2.10. The number of benzene rings is 4. The van der Waals surface area contributed by atoms with Crippen molar-refractivity contribution in [2.75, 3.05) is 0 Å². The van der Waals surface area contributed by atoms with Gasteiger partial charge in [-0.05, 0) is 22.8 Å². The Balaban J connectivity index is 1.83. The second-order valence-corrected chi connectivity index (χ2v) is 6.19. The van der Waals surface area contributed by atoms with Crippen LogP contribution in [-0.4, -0.2) is 0 Å². The molecule has 0 saturated heterocycles. The van der Waals surface area contributed by atoms with Crippen LogP contribution in [0.1, 0.15) is 0 Å². The summed E-state index contributed by atoms with van der Waals surface area (Å²) in [6.45, 7) is 0. The molecule has 5 rings (SSSR count). The lowest BCUT2D eigenvalue weighted by Crippen LogP contribution is -1.85. The van der Waals surface area contributed by atoms with Crippen molar-refractivity contribution in [3.05, 3.63) is 97.1 Å². The van der Waals surface area contributed by atoms with Crippen molar-refractivity contribution in [1.29, 1.82) is 0 Å². The van der Waals surface area contributed by atoms with Crippen molar-refractivity contribution in [3.8, 4) is 22.3 Å². The van der Waals surface area contributed by atoms with Crippen molar-refractivity contribution in [2.45, 2.75) is 0 Å². The number of para-hydroxylation sites is 2. The summed E-state index contributed by atoms with van der Waals surface area (Å²) in [6, 6.07) is 33.6. The third-order valence-electron chi connectivity index (χ3n) is 4.71. The Morgan fingerprint density at radius 2 is 1.08 bits per heavy atom. The summed E-state index contributed by atoms with van der Waals surface area (Å²) >= 11 is 0. The Morgan fingerprint density at radius 3 is 1.96 bits per heavy atom. The van der Waals surface area contributed by atoms with Gasteiger partial charge in [-0.1, -0.05) is 91.0 Å². The minimum atomic E-state index is 0.933. The molecule has 0 saturated carbocycles. The zero-order chi connectivity index (χ0) is 16.6. The van der Waals surface area contributed by atoms with Crippen molar-refractivity contribution < 1.29 is 4.42 Å². The Hall–Kier alpha value is -3.32. The van der Waals surface area contributed by atoms with Gasteiger partial charge in [-0.2, -0.15) is 0 Å². The Morgan fingerprint density at radius 1 is 0.440 bits per heavy atom. The third kappa shape index (κ3) is 2.25. The summed E-state index contributed by atoms with van der Waals surface area (Å²) < 4.78 is 6.23. The quantitative estimate of drug-likeness (QED) is 0.344. The molecule has 0 unspecified atom stereocenters. The molecule has 1 heterocycles. The molecule has 0 amide bonds. The van der Waals surface area contributed by atoms with E-state index in [4.69, 9.17) is 4.42 Å². The number of hydrogen-bond acceptors (Lipinski definition) is 1. The summed E-state index contributed by atoms with van der Waals surface area (Å²) in [5.74, 6) is 0. The predicted molar refractivity (Wildman–Crippen MR) is 105 cm³/mol. The number of rotatable bonds is 2. The van der Waals surface area contributed by atoms with Gasteiger partial charge in [-0.15, -0.1) is 0 Å². The van der Waals surface area contributed by atoms with Crippen molar-refractivity contribution in [3.63, 3.8) is 0 Å². The fraction of sp³-hybridized carbons (Fsp3) is 0. The summed E-state index contributed by atoms with van der Waals surface area (Å²) in [4.78, 5) is 0. The summed E-state index contributed by atoms with van der Waals surface area (Å²) in [7, 11) is 0. The van der Waals surface area contributed by atoms with Gasteiger partial charge in [0, 0.05) is 16.3 Å². The smallest absolute Gasteiger partial charge is 0.143 e. The van der Waals surface area contributed by atoms with E-state index in [2.05, 4.69) is 78.9 Å². The molecule has 0 N–H and O–H groups in total. The Kier molecular flexibility index (Phi) is 3.17. The van der Waals surface area contributed by atoms with Crippen LogP contribution in [0.25, 0.3) is 44.2 Å². The van der Waals surface area contributed by atoms with Crippen LogP contribution in [0.5, 0.6) is 0 Å². The van der Waals surface area contributed by atoms with Gasteiger partial charge >= 0.3 is 0 Å². The second-order valence-electron chi connectivity index (χ2n) is 6.19. The molecule has 1 nitrogen and oxygen atoms in total. The van der Waals surface area contributed by atoms with E-state index in [1.165, 1.54) is 16.7 Å². The molecular formula is C24H16O. The van der Waals surface area contributed by atoms with Gasteiger partial charge in [-0.3, -0.25) is 0 Å². The first-order valence-corrected chi connectivity index (χ1v) is 8.47. The summed E-state index contributed by atoms with van der Waals surface area (Å²) in [6.07, 6.45) is 0. The highest BCUT2D eigenvalue weighted by atomic mass is 16.3. The fourth-order valence-corrected chi connectivity index (χ4v) is 3.55. The lowest BCUT2D eigenvalue weighted by atomic mass is 9.93. The van der Waals surface area contributed by atoms with Crippen LogP contribution in [0.4, 0.5) is 0 Å².